The van der Waals surface area contributed by atoms with Crippen molar-refractivity contribution in [2.75, 3.05) is 39.4 Å². The Morgan fingerprint density at radius 2 is 2.00 bits per heavy atom. The lowest BCUT2D eigenvalue weighted by Crippen LogP contribution is -2.66. The summed E-state index contributed by atoms with van der Waals surface area (Å²) in [6.45, 7) is 6.96. The topological polar surface area (TPSA) is 66.8 Å². The molecule has 1 saturated heterocycles. The van der Waals surface area contributed by atoms with Crippen LogP contribution in [0.3, 0.4) is 0 Å². The third-order valence-corrected chi connectivity index (χ3v) is 8.07. The zero-order valence-electron chi connectivity index (χ0n) is 18.3. The van der Waals surface area contributed by atoms with Crippen molar-refractivity contribution in [3.05, 3.63) is 23.2 Å². The number of carbonyl (C=O) groups is 2. The number of aromatic nitrogens is 1. The van der Waals surface area contributed by atoms with Gasteiger partial charge >= 0.3 is 0 Å². The Morgan fingerprint density at radius 1 is 1.23 bits per heavy atom. The van der Waals surface area contributed by atoms with Crippen molar-refractivity contribution in [2.45, 2.75) is 57.2 Å². The van der Waals surface area contributed by atoms with Crippen molar-refractivity contribution >= 4 is 33.4 Å². The Labute approximate surface area is 187 Å². The van der Waals surface area contributed by atoms with Crippen molar-refractivity contribution in [1.82, 2.24) is 19.7 Å². The summed E-state index contributed by atoms with van der Waals surface area (Å²) in [6.07, 6.45) is 5.65. The van der Waals surface area contributed by atoms with Gasteiger partial charge in [-0.2, -0.15) is 0 Å². The minimum absolute atomic E-state index is 0.0162. The molecule has 1 atom stereocenters. The first-order chi connectivity index (χ1) is 15.1. The summed E-state index contributed by atoms with van der Waals surface area (Å²) in [6, 6.07) is 4.27. The van der Waals surface area contributed by atoms with Crippen LogP contribution in [0.25, 0.3) is 10.2 Å². The van der Waals surface area contributed by atoms with Gasteiger partial charge in [-0.05, 0) is 37.3 Å². The Bertz CT molecular complexity index is 957. The van der Waals surface area contributed by atoms with Gasteiger partial charge in [0, 0.05) is 32.2 Å². The van der Waals surface area contributed by atoms with Crippen LogP contribution in [0.5, 0.6) is 0 Å². The zero-order valence-corrected chi connectivity index (χ0v) is 19.1. The van der Waals surface area contributed by atoms with E-state index < -0.39 is 5.54 Å². The lowest BCUT2D eigenvalue weighted by atomic mass is 9.91. The highest BCUT2D eigenvalue weighted by Gasteiger charge is 2.48. The highest BCUT2D eigenvalue weighted by atomic mass is 32.1. The molecule has 5 rings (SSSR count). The van der Waals surface area contributed by atoms with E-state index in [9.17, 15) is 9.59 Å². The highest BCUT2D eigenvalue weighted by Crippen LogP contribution is 2.34. The van der Waals surface area contributed by atoms with Crippen LogP contribution >= 0.6 is 11.3 Å². The van der Waals surface area contributed by atoms with E-state index in [2.05, 4.69) is 20.9 Å². The zero-order chi connectivity index (χ0) is 21.4. The lowest BCUT2D eigenvalue weighted by Gasteiger charge is -2.45. The first kappa shape index (κ1) is 21.0. The van der Waals surface area contributed by atoms with Gasteiger partial charge in [0.2, 0.25) is 5.91 Å². The molecule has 7 nitrogen and oxygen atoms in total. The molecule has 8 heteroatoms. The molecule has 1 N–H and O–H groups in total. The van der Waals surface area contributed by atoms with Crippen LogP contribution < -0.4 is 5.32 Å². The quantitative estimate of drug-likeness (QED) is 0.770. The predicted molar refractivity (Wildman–Crippen MR) is 122 cm³/mol. The minimum atomic E-state index is -0.901. The number of amides is 2. The van der Waals surface area contributed by atoms with Crippen molar-refractivity contribution in [3.63, 3.8) is 0 Å². The molecule has 1 saturated carbocycles. The number of thiophene rings is 1. The van der Waals surface area contributed by atoms with Crippen LogP contribution in [-0.4, -0.2) is 77.2 Å². The van der Waals surface area contributed by atoms with Gasteiger partial charge in [0.25, 0.3) is 5.91 Å². The fraction of sp³-hybridized carbons (Fsp3) is 0.652. The number of morpholine rings is 1. The fourth-order valence-electron chi connectivity index (χ4n) is 5.28. The number of hydrogen-bond acceptors (Lipinski definition) is 5. The minimum Gasteiger partial charge on any atom is -0.379 e. The van der Waals surface area contributed by atoms with Gasteiger partial charge in [0.05, 0.1) is 30.0 Å². The molecule has 1 aliphatic carbocycles. The number of carbonyl (C=O) groups excluding carboxylic acids is 2. The van der Waals surface area contributed by atoms with E-state index >= 15 is 0 Å². The van der Waals surface area contributed by atoms with Gasteiger partial charge in [-0.3, -0.25) is 14.5 Å². The van der Waals surface area contributed by atoms with Crippen molar-refractivity contribution < 1.29 is 14.3 Å². The van der Waals surface area contributed by atoms with Crippen LogP contribution in [0.1, 0.15) is 49.5 Å². The second-order valence-corrected chi connectivity index (χ2v) is 10.2. The average Bonchev–Trinajstić information content (AvgIpc) is 3.37. The molecule has 0 radical (unpaired) electrons. The number of rotatable bonds is 5. The van der Waals surface area contributed by atoms with Crippen LogP contribution in [-0.2, 0) is 16.1 Å². The Kier molecular flexibility index (Phi) is 5.79. The number of hydrogen-bond donors (Lipinski definition) is 1. The lowest BCUT2D eigenvalue weighted by molar-refractivity contribution is -0.134. The molecule has 0 unspecified atom stereocenters. The highest BCUT2D eigenvalue weighted by molar-refractivity contribution is 7.17. The van der Waals surface area contributed by atoms with Gasteiger partial charge in [-0.1, -0.05) is 19.3 Å². The maximum atomic E-state index is 13.7. The second-order valence-electron chi connectivity index (χ2n) is 9.28. The number of fused-ring (bicyclic) bond motifs is 3. The maximum absolute atomic E-state index is 13.7. The standard InChI is InChI=1S/C23H32N4O3S/c1-23(22(29)24-17-5-3-2-4-6-17)16-26-18-7-14-31-20(18)15-19(26)21(28)27(23)9-8-25-10-12-30-13-11-25/h7,14-15,17H,2-6,8-13,16H2,1H3,(H,24,29)/t23-/m1/s1. The summed E-state index contributed by atoms with van der Waals surface area (Å²) in [5, 5.41) is 5.35. The van der Waals surface area contributed by atoms with Crippen molar-refractivity contribution in [2.24, 2.45) is 0 Å². The summed E-state index contributed by atoms with van der Waals surface area (Å²) in [4.78, 5) is 31.5. The molecule has 2 amide bonds. The van der Waals surface area contributed by atoms with Gasteiger partial charge < -0.3 is 19.5 Å². The van der Waals surface area contributed by atoms with Gasteiger partial charge in [0.1, 0.15) is 11.2 Å². The molecule has 0 spiro atoms. The SMILES string of the molecule is C[C@]1(C(=O)NC2CCCCC2)Cn2c(cc3sccc32)C(=O)N1CCN1CCOCC1. The number of nitrogens with one attached hydrogen (secondary N) is 1. The maximum Gasteiger partial charge on any atom is 0.271 e. The van der Waals surface area contributed by atoms with E-state index in [-0.39, 0.29) is 17.9 Å². The van der Waals surface area contributed by atoms with Crippen LogP contribution in [0, 0.1) is 0 Å². The smallest absolute Gasteiger partial charge is 0.271 e. The van der Waals surface area contributed by atoms with Crippen LogP contribution in [0.15, 0.2) is 17.5 Å². The summed E-state index contributed by atoms with van der Waals surface area (Å²) in [5.74, 6) is -0.0540. The molecule has 2 aromatic heterocycles. The summed E-state index contributed by atoms with van der Waals surface area (Å²) < 4.78 is 8.62. The normalized spacial score (nSPS) is 25.7. The molecule has 2 aromatic rings. The van der Waals surface area contributed by atoms with Crippen LogP contribution in [0.4, 0.5) is 0 Å². The first-order valence-corrected chi connectivity index (χ1v) is 12.4. The van der Waals surface area contributed by atoms with E-state index in [1.807, 2.05) is 23.3 Å². The monoisotopic (exact) mass is 444 g/mol. The molecular formula is C23H32N4O3S. The van der Waals surface area contributed by atoms with E-state index in [1.165, 1.54) is 19.3 Å². The molecule has 2 aliphatic heterocycles. The number of nitrogens with zero attached hydrogens (tertiary/aromatic N) is 3. The predicted octanol–water partition coefficient (Wildman–Crippen LogP) is 2.70. The van der Waals surface area contributed by atoms with Crippen LogP contribution in [0.2, 0.25) is 0 Å². The van der Waals surface area contributed by atoms with Gasteiger partial charge in [-0.15, -0.1) is 11.3 Å². The molecule has 3 aliphatic rings. The molecule has 31 heavy (non-hydrogen) atoms. The van der Waals surface area contributed by atoms with E-state index in [1.54, 1.807) is 11.3 Å². The second kappa shape index (κ2) is 8.56. The molecule has 0 bridgehead atoms. The van der Waals surface area contributed by atoms with E-state index in [4.69, 9.17) is 4.74 Å². The van der Waals surface area contributed by atoms with Gasteiger partial charge in [-0.25, -0.2) is 0 Å². The molecular weight excluding hydrogens is 412 g/mol. The van der Waals surface area contributed by atoms with Gasteiger partial charge in [0.15, 0.2) is 0 Å². The molecule has 0 aromatic carbocycles. The average molecular weight is 445 g/mol. The fourth-order valence-corrected chi connectivity index (χ4v) is 6.10. The Morgan fingerprint density at radius 3 is 2.77 bits per heavy atom. The third kappa shape index (κ3) is 3.90. The van der Waals surface area contributed by atoms with Crippen molar-refractivity contribution in [1.29, 1.82) is 0 Å². The summed E-state index contributed by atoms with van der Waals surface area (Å²) in [5.41, 5.74) is 0.853. The molecule has 168 valence electrons. The molecule has 4 heterocycles. The third-order valence-electron chi connectivity index (χ3n) is 7.22. The number of ether oxygens (including phenoxy) is 1. The van der Waals surface area contributed by atoms with E-state index in [0.29, 0.717) is 18.8 Å². The largest absolute Gasteiger partial charge is 0.379 e. The summed E-state index contributed by atoms with van der Waals surface area (Å²) >= 11 is 1.64. The molecule has 2 fully saturated rings. The Hall–Kier alpha value is -1.90. The van der Waals surface area contributed by atoms with E-state index in [0.717, 1.165) is 55.9 Å². The van der Waals surface area contributed by atoms with Crippen molar-refractivity contribution in [3.8, 4) is 0 Å². The summed E-state index contributed by atoms with van der Waals surface area (Å²) in [7, 11) is 0. The Balaban J connectivity index is 1.43. The first-order valence-electron chi connectivity index (χ1n) is 11.6.